The molecule has 108 valence electrons. The number of benzene rings is 2. The van der Waals surface area contributed by atoms with Gasteiger partial charge in [-0.3, -0.25) is 9.59 Å². The van der Waals surface area contributed by atoms with E-state index in [9.17, 15) is 9.59 Å². The van der Waals surface area contributed by atoms with Crippen molar-refractivity contribution >= 4 is 22.7 Å². The molecule has 0 atom stereocenters. The maximum atomic E-state index is 12.3. The Hall–Kier alpha value is -1.87. The number of hydrogen-bond donors (Lipinski definition) is 0. The van der Waals surface area contributed by atoms with Crippen LogP contribution < -0.4 is 0 Å². The molecule has 0 unspecified atom stereocenters. The van der Waals surface area contributed by atoms with Gasteiger partial charge in [-0.15, -0.1) is 0 Å². The summed E-state index contributed by atoms with van der Waals surface area (Å²) in [4.78, 5) is 24.7. The Morgan fingerprint density at radius 3 is 2.33 bits per heavy atom. The molecule has 0 fully saturated rings. The van der Waals surface area contributed by atoms with Crippen LogP contribution >= 0.6 is 11.8 Å². The van der Waals surface area contributed by atoms with Gasteiger partial charge in [-0.2, -0.15) is 0 Å². The van der Waals surface area contributed by atoms with E-state index in [0.717, 1.165) is 10.5 Å². The van der Waals surface area contributed by atoms with Crippen LogP contribution in [0, 0.1) is 0 Å². The lowest BCUT2D eigenvalue weighted by Gasteiger charge is -2.08. The minimum Gasteiger partial charge on any atom is -0.300 e. The monoisotopic (exact) mass is 298 g/mol. The Labute approximate surface area is 129 Å². The molecular weight excluding hydrogens is 280 g/mol. The fourth-order valence-corrected chi connectivity index (χ4v) is 2.90. The molecule has 0 amide bonds. The summed E-state index contributed by atoms with van der Waals surface area (Å²) in [6.07, 6.45) is 1.80. The highest BCUT2D eigenvalue weighted by atomic mass is 32.2. The summed E-state index contributed by atoms with van der Waals surface area (Å²) in [5.74, 6) is 0.254. The number of carbonyl (C=O) groups excluding carboxylic acids is 2. The van der Waals surface area contributed by atoms with Crippen molar-refractivity contribution in [2.75, 3.05) is 0 Å². The second-order valence-corrected chi connectivity index (χ2v) is 5.77. The van der Waals surface area contributed by atoms with Crippen LogP contribution in [0.2, 0.25) is 0 Å². The smallest absolute Gasteiger partial charge is 0.224 e. The van der Waals surface area contributed by atoms with Crippen LogP contribution in [0.4, 0.5) is 0 Å². The third kappa shape index (κ3) is 4.57. The lowest BCUT2D eigenvalue weighted by Crippen LogP contribution is -2.00. The molecule has 2 aromatic carbocycles. The van der Waals surface area contributed by atoms with Gasteiger partial charge in [-0.25, -0.2) is 0 Å². The van der Waals surface area contributed by atoms with Gasteiger partial charge in [0.1, 0.15) is 5.78 Å². The third-order valence-corrected chi connectivity index (χ3v) is 4.29. The van der Waals surface area contributed by atoms with E-state index < -0.39 is 0 Å². The molecule has 2 aromatic rings. The summed E-state index contributed by atoms with van der Waals surface area (Å²) in [6, 6.07) is 17.1. The van der Waals surface area contributed by atoms with Gasteiger partial charge in [0.05, 0.1) is 0 Å². The highest BCUT2D eigenvalue weighted by Crippen LogP contribution is 2.27. The van der Waals surface area contributed by atoms with E-state index in [1.165, 1.54) is 11.8 Å². The van der Waals surface area contributed by atoms with Crippen LogP contribution in [0.5, 0.6) is 0 Å². The molecule has 0 spiro atoms. The minimum absolute atomic E-state index is 0.0323. The summed E-state index contributed by atoms with van der Waals surface area (Å²) >= 11 is 1.23. The number of ketones is 1. The van der Waals surface area contributed by atoms with Crippen molar-refractivity contribution < 1.29 is 9.59 Å². The van der Waals surface area contributed by atoms with Crippen molar-refractivity contribution in [1.29, 1.82) is 0 Å². The van der Waals surface area contributed by atoms with E-state index in [-0.39, 0.29) is 10.9 Å². The van der Waals surface area contributed by atoms with Crippen molar-refractivity contribution in [1.82, 2.24) is 0 Å². The standard InChI is InChI=1S/C18H18O2S/c1-2-16(19)13-12-14-8-6-7-11-17(14)21-18(20)15-9-4-3-5-10-15/h3-11H,2,12-13H2,1H3. The van der Waals surface area contributed by atoms with Crippen LogP contribution in [0.3, 0.4) is 0 Å². The molecule has 0 aromatic heterocycles. The fourth-order valence-electron chi connectivity index (χ4n) is 1.99. The Morgan fingerprint density at radius 2 is 1.62 bits per heavy atom. The molecule has 2 rings (SSSR count). The van der Waals surface area contributed by atoms with Gasteiger partial charge in [-0.1, -0.05) is 55.5 Å². The molecule has 3 heteroatoms. The minimum atomic E-state index is 0.0323. The van der Waals surface area contributed by atoms with Crippen molar-refractivity contribution in [2.24, 2.45) is 0 Å². The Kier molecular flexibility index (Phi) is 5.76. The first-order valence-corrected chi connectivity index (χ1v) is 7.89. The molecule has 0 saturated carbocycles. The van der Waals surface area contributed by atoms with Crippen molar-refractivity contribution in [3.8, 4) is 0 Å². The van der Waals surface area contributed by atoms with Gasteiger partial charge in [0, 0.05) is 23.3 Å². The number of Topliss-reactive ketones (excluding diaryl/α,β-unsaturated/α-hetero) is 1. The third-order valence-electron chi connectivity index (χ3n) is 3.25. The molecule has 2 nitrogen and oxygen atoms in total. The van der Waals surface area contributed by atoms with E-state index >= 15 is 0 Å². The van der Waals surface area contributed by atoms with E-state index in [2.05, 4.69) is 0 Å². The van der Waals surface area contributed by atoms with Crippen LogP contribution in [-0.2, 0) is 11.2 Å². The van der Waals surface area contributed by atoms with Crippen LogP contribution in [-0.4, -0.2) is 10.9 Å². The van der Waals surface area contributed by atoms with Crippen LogP contribution in [0.1, 0.15) is 35.7 Å². The molecule has 0 radical (unpaired) electrons. The Morgan fingerprint density at radius 1 is 0.952 bits per heavy atom. The average Bonchev–Trinajstić information content (AvgIpc) is 2.54. The first kappa shape index (κ1) is 15.5. The van der Waals surface area contributed by atoms with Crippen LogP contribution in [0.15, 0.2) is 59.5 Å². The summed E-state index contributed by atoms with van der Waals surface area (Å²) in [5, 5.41) is 0.0323. The normalized spacial score (nSPS) is 10.3. The van der Waals surface area contributed by atoms with Gasteiger partial charge in [-0.05, 0) is 29.8 Å². The molecule has 0 N–H and O–H groups in total. The van der Waals surface area contributed by atoms with Crippen molar-refractivity contribution in [3.63, 3.8) is 0 Å². The number of hydrogen-bond acceptors (Lipinski definition) is 3. The summed E-state index contributed by atoms with van der Waals surface area (Å²) in [5.41, 5.74) is 1.76. The van der Waals surface area contributed by atoms with Crippen molar-refractivity contribution in [2.45, 2.75) is 31.1 Å². The number of aryl methyl sites for hydroxylation is 1. The topological polar surface area (TPSA) is 34.1 Å². The SMILES string of the molecule is CCC(=O)CCc1ccccc1SC(=O)c1ccccc1. The average molecular weight is 298 g/mol. The van der Waals surface area contributed by atoms with Gasteiger partial charge in [0.25, 0.3) is 0 Å². The van der Waals surface area contributed by atoms with Crippen molar-refractivity contribution in [3.05, 3.63) is 65.7 Å². The number of carbonyl (C=O) groups is 2. The summed E-state index contributed by atoms with van der Waals surface area (Å²) < 4.78 is 0. The zero-order chi connectivity index (χ0) is 15.1. The largest absolute Gasteiger partial charge is 0.300 e. The first-order chi connectivity index (χ1) is 10.2. The number of thioether (sulfide) groups is 1. The van der Waals surface area contributed by atoms with E-state index in [4.69, 9.17) is 0 Å². The maximum absolute atomic E-state index is 12.3. The number of rotatable bonds is 6. The predicted octanol–water partition coefficient (Wildman–Crippen LogP) is 4.53. The molecule has 0 heterocycles. The molecule has 0 aliphatic carbocycles. The molecule has 0 saturated heterocycles. The molecule has 0 aliphatic rings. The lowest BCUT2D eigenvalue weighted by atomic mass is 10.1. The molecular formula is C18H18O2S. The Bertz CT molecular complexity index is 620. The van der Waals surface area contributed by atoms with Gasteiger partial charge < -0.3 is 0 Å². The first-order valence-electron chi connectivity index (χ1n) is 7.07. The van der Waals surface area contributed by atoms with Gasteiger partial charge >= 0.3 is 0 Å². The molecule has 21 heavy (non-hydrogen) atoms. The van der Waals surface area contributed by atoms with Gasteiger partial charge in [0.2, 0.25) is 5.12 Å². The zero-order valence-electron chi connectivity index (χ0n) is 12.0. The quantitative estimate of drug-likeness (QED) is 0.735. The van der Waals surface area contributed by atoms with E-state index in [1.54, 1.807) is 0 Å². The van der Waals surface area contributed by atoms with E-state index in [1.807, 2.05) is 61.5 Å². The predicted molar refractivity (Wildman–Crippen MR) is 86.7 cm³/mol. The molecule has 0 bridgehead atoms. The highest BCUT2D eigenvalue weighted by Gasteiger charge is 2.11. The van der Waals surface area contributed by atoms with E-state index in [0.29, 0.717) is 24.8 Å². The maximum Gasteiger partial charge on any atom is 0.224 e. The second kappa shape index (κ2) is 7.79. The van der Waals surface area contributed by atoms with Gasteiger partial charge in [0.15, 0.2) is 0 Å². The lowest BCUT2D eigenvalue weighted by molar-refractivity contribution is -0.118. The molecule has 0 aliphatic heterocycles. The summed E-state index contributed by atoms with van der Waals surface area (Å²) in [6.45, 7) is 1.88. The zero-order valence-corrected chi connectivity index (χ0v) is 12.9. The highest BCUT2D eigenvalue weighted by molar-refractivity contribution is 8.14. The summed E-state index contributed by atoms with van der Waals surface area (Å²) in [7, 11) is 0. The van der Waals surface area contributed by atoms with Crippen LogP contribution in [0.25, 0.3) is 0 Å². The Balaban J connectivity index is 2.09. The fraction of sp³-hybridized carbons (Fsp3) is 0.222. The second-order valence-electron chi connectivity index (χ2n) is 4.76.